The molecule has 0 atom stereocenters. The van der Waals surface area contributed by atoms with Gasteiger partial charge >= 0.3 is 0 Å². The van der Waals surface area contributed by atoms with Gasteiger partial charge in [-0.2, -0.15) is 0 Å². The normalized spacial score (nSPS) is 10.7. The number of nitrogens with one attached hydrogen (secondary N) is 1. The Hall–Kier alpha value is -3.91. The predicted octanol–water partition coefficient (Wildman–Crippen LogP) is 4.71. The number of carbonyl (C=O) groups is 2. The maximum Gasteiger partial charge on any atom is 0.288 e. The number of amides is 2. The van der Waals surface area contributed by atoms with E-state index in [4.69, 9.17) is 9.47 Å². The van der Waals surface area contributed by atoms with Gasteiger partial charge < -0.3 is 9.47 Å². The molecule has 2 heterocycles. The lowest BCUT2D eigenvalue weighted by molar-refractivity contribution is 0.0634. The van der Waals surface area contributed by atoms with E-state index in [1.165, 1.54) is 31.5 Å². The molecule has 0 saturated carbocycles. The maximum atomic E-state index is 12.8. The standard InChI is InChI=1S/C25H23N3O4S/c1-15-7-5-8-17-18(14-33-23(15)17)19-9-6-10-20(26-19)24(29)27-28(2)25(30)16-11-12-21(31-3)22(13-16)32-4/h5-14H,1-4H3,(H,27,29). The SMILES string of the molecule is COc1ccc(C(=O)N(C)NC(=O)c2cccc(-c3csc4c(C)cccc34)n2)cc1OC. The van der Waals surface area contributed by atoms with E-state index < -0.39 is 11.8 Å². The number of nitrogens with zero attached hydrogens (tertiary/aromatic N) is 2. The summed E-state index contributed by atoms with van der Waals surface area (Å²) < 4.78 is 11.7. The average molecular weight is 462 g/mol. The minimum atomic E-state index is -0.483. The zero-order valence-corrected chi connectivity index (χ0v) is 19.5. The Balaban J connectivity index is 1.54. The maximum absolute atomic E-state index is 12.8. The van der Waals surface area contributed by atoms with E-state index in [1.54, 1.807) is 41.7 Å². The molecular formula is C25H23N3O4S. The molecule has 33 heavy (non-hydrogen) atoms. The number of hydrazine groups is 1. The highest BCUT2D eigenvalue weighted by atomic mass is 32.1. The molecule has 0 radical (unpaired) electrons. The molecule has 4 aromatic rings. The highest BCUT2D eigenvalue weighted by molar-refractivity contribution is 7.18. The number of hydrogen-bond acceptors (Lipinski definition) is 6. The van der Waals surface area contributed by atoms with E-state index in [-0.39, 0.29) is 5.69 Å². The third-order valence-corrected chi connectivity index (χ3v) is 6.39. The number of pyridine rings is 1. The van der Waals surface area contributed by atoms with Gasteiger partial charge in [-0.3, -0.25) is 20.0 Å². The summed E-state index contributed by atoms with van der Waals surface area (Å²) in [4.78, 5) is 30.2. The Bertz CT molecular complexity index is 1350. The number of methoxy groups -OCH3 is 2. The molecule has 1 N–H and O–H groups in total. The van der Waals surface area contributed by atoms with Crippen LogP contribution in [0, 0.1) is 6.92 Å². The van der Waals surface area contributed by atoms with E-state index in [1.807, 2.05) is 17.5 Å². The Kier molecular flexibility index (Phi) is 6.28. The molecule has 2 aromatic heterocycles. The molecule has 0 saturated heterocycles. The first-order chi connectivity index (χ1) is 15.9. The molecule has 2 amide bonds. The molecule has 4 rings (SSSR count). The minimum absolute atomic E-state index is 0.214. The average Bonchev–Trinajstić information content (AvgIpc) is 3.28. The first-order valence-electron chi connectivity index (χ1n) is 10.2. The molecule has 0 unspecified atom stereocenters. The van der Waals surface area contributed by atoms with Gasteiger partial charge in [0.25, 0.3) is 11.8 Å². The largest absolute Gasteiger partial charge is 0.493 e. The van der Waals surface area contributed by atoms with Crippen molar-refractivity contribution in [3.63, 3.8) is 0 Å². The topological polar surface area (TPSA) is 80.8 Å². The van der Waals surface area contributed by atoms with Gasteiger partial charge in [0, 0.05) is 33.6 Å². The quantitative estimate of drug-likeness (QED) is 0.436. The molecule has 168 valence electrons. The molecule has 0 fully saturated rings. The van der Waals surface area contributed by atoms with Crippen LogP contribution in [0.5, 0.6) is 11.5 Å². The molecule has 0 bridgehead atoms. The monoisotopic (exact) mass is 461 g/mol. The molecule has 0 aliphatic carbocycles. The highest BCUT2D eigenvalue weighted by Gasteiger charge is 2.19. The number of aryl methyl sites for hydroxylation is 1. The van der Waals surface area contributed by atoms with Crippen LogP contribution >= 0.6 is 11.3 Å². The second-order valence-corrected chi connectivity index (χ2v) is 8.26. The number of ether oxygens (including phenoxy) is 2. The van der Waals surface area contributed by atoms with Gasteiger partial charge in [-0.1, -0.05) is 24.3 Å². The van der Waals surface area contributed by atoms with Crippen molar-refractivity contribution < 1.29 is 19.1 Å². The van der Waals surface area contributed by atoms with Crippen LogP contribution in [0.15, 0.2) is 60.0 Å². The van der Waals surface area contributed by atoms with Gasteiger partial charge in [-0.15, -0.1) is 11.3 Å². The number of benzene rings is 2. The van der Waals surface area contributed by atoms with Crippen molar-refractivity contribution in [2.45, 2.75) is 6.92 Å². The summed E-state index contributed by atoms with van der Waals surface area (Å²) >= 11 is 1.65. The van der Waals surface area contributed by atoms with Crippen LogP contribution in [0.25, 0.3) is 21.3 Å². The number of carbonyl (C=O) groups excluding carboxylic acids is 2. The predicted molar refractivity (Wildman–Crippen MR) is 129 cm³/mol. The summed E-state index contributed by atoms with van der Waals surface area (Å²) in [6.07, 6.45) is 0. The summed E-state index contributed by atoms with van der Waals surface area (Å²) in [5.41, 5.74) is 6.03. The van der Waals surface area contributed by atoms with Gasteiger partial charge in [0.2, 0.25) is 0 Å². The number of rotatable bonds is 5. The first-order valence-corrected chi connectivity index (χ1v) is 11.1. The molecule has 0 aliphatic rings. The van der Waals surface area contributed by atoms with E-state index in [9.17, 15) is 9.59 Å². The Morgan fingerprint density at radius 1 is 1.00 bits per heavy atom. The molecule has 2 aromatic carbocycles. The molecule has 0 aliphatic heterocycles. The summed E-state index contributed by atoms with van der Waals surface area (Å²) in [7, 11) is 4.50. The minimum Gasteiger partial charge on any atom is -0.493 e. The summed E-state index contributed by atoms with van der Waals surface area (Å²) in [6, 6.07) is 16.2. The number of thiophene rings is 1. The van der Waals surface area contributed by atoms with Gasteiger partial charge in [0.15, 0.2) is 11.5 Å². The van der Waals surface area contributed by atoms with E-state index in [2.05, 4.69) is 29.5 Å². The molecule has 8 heteroatoms. The van der Waals surface area contributed by atoms with Gasteiger partial charge in [0.05, 0.1) is 19.9 Å². The summed E-state index contributed by atoms with van der Waals surface area (Å²) in [6.45, 7) is 2.07. The second kappa shape index (κ2) is 9.30. The van der Waals surface area contributed by atoms with Crippen molar-refractivity contribution in [2.24, 2.45) is 0 Å². The van der Waals surface area contributed by atoms with E-state index in [0.717, 1.165) is 16.0 Å². The number of fused-ring (bicyclic) bond motifs is 1. The van der Waals surface area contributed by atoms with Gasteiger partial charge in [-0.05, 0) is 42.8 Å². The van der Waals surface area contributed by atoms with Crippen molar-refractivity contribution in [3.8, 4) is 22.8 Å². The number of hydrogen-bond donors (Lipinski definition) is 1. The lowest BCUT2D eigenvalue weighted by Gasteiger charge is -2.19. The third-order valence-electron chi connectivity index (χ3n) is 5.26. The Morgan fingerprint density at radius 3 is 2.52 bits per heavy atom. The lowest BCUT2D eigenvalue weighted by atomic mass is 10.1. The van der Waals surface area contributed by atoms with Gasteiger partial charge in [-0.25, -0.2) is 4.98 Å². The zero-order chi connectivity index (χ0) is 23.5. The molecule has 0 spiro atoms. The molecule has 7 nitrogen and oxygen atoms in total. The fourth-order valence-corrected chi connectivity index (χ4v) is 4.58. The van der Waals surface area contributed by atoms with Crippen LogP contribution in [0.2, 0.25) is 0 Å². The summed E-state index contributed by atoms with van der Waals surface area (Å²) in [5, 5.41) is 4.28. The van der Waals surface area contributed by atoms with Crippen molar-refractivity contribution in [2.75, 3.05) is 21.3 Å². The Morgan fingerprint density at radius 2 is 1.76 bits per heavy atom. The van der Waals surface area contributed by atoms with Crippen molar-refractivity contribution in [1.29, 1.82) is 0 Å². The third kappa shape index (κ3) is 4.38. The van der Waals surface area contributed by atoms with Crippen LogP contribution in [0.1, 0.15) is 26.4 Å². The fourth-order valence-electron chi connectivity index (χ4n) is 3.54. The highest BCUT2D eigenvalue weighted by Crippen LogP contribution is 2.34. The van der Waals surface area contributed by atoms with Crippen LogP contribution in [-0.2, 0) is 0 Å². The molecular weight excluding hydrogens is 438 g/mol. The van der Waals surface area contributed by atoms with E-state index in [0.29, 0.717) is 22.8 Å². The van der Waals surface area contributed by atoms with Crippen molar-refractivity contribution in [3.05, 3.63) is 76.8 Å². The Labute approximate surface area is 195 Å². The van der Waals surface area contributed by atoms with Crippen LogP contribution < -0.4 is 14.9 Å². The van der Waals surface area contributed by atoms with Gasteiger partial charge in [0.1, 0.15) is 5.69 Å². The fraction of sp³-hybridized carbons (Fsp3) is 0.160. The lowest BCUT2D eigenvalue weighted by Crippen LogP contribution is -2.43. The second-order valence-electron chi connectivity index (χ2n) is 7.38. The summed E-state index contributed by atoms with van der Waals surface area (Å²) in [5.74, 6) is 0.0530. The zero-order valence-electron chi connectivity index (χ0n) is 18.7. The van der Waals surface area contributed by atoms with Crippen LogP contribution in [0.3, 0.4) is 0 Å². The van der Waals surface area contributed by atoms with Crippen molar-refractivity contribution in [1.82, 2.24) is 15.4 Å². The van der Waals surface area contributed by atoms with Crippen molar-refractivity contribution >= 4 is 33.2 Å². The smallest absolute Gasteiger partial charge is 0.288 e. The van der Waals surface area contributed by atoms with Crippen LogP contribution in [-0.4, -0.2) is 43.1 Å². The van der Waals surface area contributed by atoms with E-state index >= 15 is 0 Å². The first kappa shape index (κ1) is 22.3. The number of aromatic nitrogens is 1. The van der Waals surface area contributed by atoms with Crippen LogP contribution in [0.4, 0.5) is 0 Å².